The summed E-state index contributed by atoms with van der Waals surface area (Å²) in [5.74, 6) is 0.828. The summed E-state index contributed by atoms with van der Waals surface area (Å²) in [5, 5.41) is 0.716. The van der Waals surface area contributed by atoms with Crippen LogP contribution in [0.25, 0.3) is 0 Å². The maximum atomic E-state index is 10.9. The topological polar surface area (TPSA) is 26.3 Å². The Balaban J connectivity index is 2.42. The second kappa shape index (κ2) is 5.74. The Labute approximate surface area is 123 Å². The van der Waals surface area contributed by atoms with Crippen molar-refractivity contribution in [2.75, 3.05) is 0 Å². The smallest absolute Gasteiger partial charge is 0.153 e. The number of hydrogen-bond acceptors (Lipinski definition) is 2. The number of halogens is 3. The Morgan fingerprint density at radius 2 is 1.89 bits per heavy atom. The fourth-order valence-corrected chi connectivity index (χ4v) is 2.05. The molecule has 0 aliphatic heterocycles. The number of aldehydes is 1. The molecule has 0 atom stereocenters. The molecule has 0 spiro atoms. The molecule has 2 aromatic rings. The van der Waals surface area contributed by atoms with Gasteiger partial charge >= 0.3 is 0 Å². The number of carbonyl (C=O) groups excluding carboxylic acids is 1. The van der Waals surface area contributed by atoms with Gasteiger partial charge in [0.05, 0.1) is 10.6 Å². The molecule has 5 heteroatoms. The van der Waals surface area contributed by atoms with E-state index in [0.717, 1.165) is 10.8 Å². The van der Waals surface area contributed by atoms with Crippen molar-refractivity contribution >= 4 is 45.4 Å². The molecule has 2 rings (SSSR count). The minimum Gasteiger partial charge on any atom is -0.455 e. The summed E-state index contributed by atoms with van der Waals surface area (Å²) in [4.78, 5) is 10.9. The number of ether oxygens (including phenoxy) is 1. The molecule has 92 valence electrons. The van der Waals surface area contributed by atoms with E-state index in [9.17, 15) is 4.79 Å². The minimum atomic E-state index is 0.316. The summed E-state index contributed by atoms with van der Waals surface area (Å²) in [5.41, 5.74) is 0.439. The molecular formula is C13H7BrCl2O2. The molecule has 0 saturated heterocycles. The minimum absolute atomic E-state index is 0.316. The summed E-state index contributed by atoms with van der Waals surface area (Å²) in [6.45, 7) is 0. The molecule has 0 fully saturated rings. The van der Waals surface area contributed by atoms with Crippen molar-refractivity contribution < 1.29 is 9.53 Å². The summed E-state index contributed by atoms with van der Waals surface area (Å²) in [6, 6.07) is 10.2. The second-order valence-corrected chi connectivity index (χ2v) is 5.15. The summed E-state index contributed by atoms with van der Waals surface area (Å²) in [7, 11) is 0. The summed E-state index contributed by atoms with van der Waals surface area (Å²) < 4.78 is 6.42. The van der Waals surface area contributed by atoms with E-state index < -0.39 is 0 Å². The molecular weight excluding hydrogens is 339 g/mol. The molecule has 0 aliphatic carbocycles. The van der Waals surface area contributed by atoms with E-state index in [0.29, 0.717) is 27.1 Å². The highest BCUT2D eigenvalue weighted by Crippen LogP contribution is 2.36. The first-order valence-corrected chi connectivity index (χ1v) is 6.53. The van der Waals surface area contributed by atoms with Crippen LogP contribution >= 0.6 is 39.1 Å². The van der Waals surface area contributed by atoms with Crippen LogP contribution in [0.2, 0.25) is 10.0 Å². The maximum Gasteiger partial charge on any atom is 0.153 e. The maximum absolute atomic E-state index is 10.9. The van der Waals surface area contributed by atoms with E-state index in [1.165, 1.54) is 0 Å². The molecule has 0 saturated carbocycles. The van der Waals surface area contributed by atoms with E-state index in [-0.39, 0.29) is 0 Å². The van der Waals surface area contributed by atoms with Gasteiger partial charge in [-0.05, 0) is 30.3 Å². The molecule has 0 bridgehead atoms. The number of benzene rings is 2. The monoisotopic (exact) mass is 344 g/mol. The van der Waals surface area contributed by atoms with Crippen molar-refractivity contribution in [3.05, 3.63) is 56.5 Å². The van der Waals surface area contributed by atoms with Crippen molar-refractivity contribution in [2.45, 2.75) is 0 Å². The molecule has 18 heavy (non-hydrogen) atoms. The van der Waals surface area contributed by atoms with E-state index in [2.05, 4.69) is 15.9 Å². The molecule has 0 N–H and O–H groups in total. The molecule has 0 unspecified atom stereocenters. The molecule has 0 radical (unpaired) electrons. The first-order chi connectivity index (χ1) is 8.61. The lowest BCUT2D eigenvalue weighted by Gasteiger charge is -2.10. The van der Waals surface area contributed by atoms with Crippen LogP contribution in [-0.2, 0) is 0 Å². The Morgan fingerprint density at radius 1 is 1.11 bits per heavy atom. The fourth-order valence-electron chi connectivity index (χ4n) is 1.38. The lowest BCUT2D eigenvalue weighted by molar-refractivity contribution is 0.112. The third-order valence-electron chi connectivity index (χ3n) is 2.24. The van der Waals surface area contributed by atoms with E-state index >= 15 is 0 Å². The standard InChI is InChI=1S/C13H7BrCl2O2/c14-9-5-4-8(7-17)12(6-9)18-11-3-1-2-10(15)13(11)16/h1-7H. The zero-order chi connectivity index (χ0) is 13.1. The predicted octanol–water partition coefficient (Wildman–Crippen LogP) is 5.36. The van der Waals surface area contributed by atoms with Crippen molar-refractivity contribution in [1.82, 2.24) is 0 Å². The largest absolute Gasteiger partial charge is 0.455 e. The predicted molar refractivity (Wildman–Crippen MR) is 76.1 cm³/mol. The van der Waals surface area contributed by atoms with Gasteiger partial charge in [0.25, 0.3) is 0 Å². The average molecular weight is 346 g/mol. The van der Waals surface area contributed by atoms with Crippen molar-refractivity contribution in [3.8, 4) is 11.5 Å². The van der Waals surface area contributed by atoms with Crippen LogP contribution in [0.15, 0.2) is 40.9 Å². The van der Waals surface area contributed by atoms with Crippen LogP contribution in [0.5, 0.6) is 11.5 Å². The molecule has 0 aliphatic rings. The number of carbonyl (C=O) groups is 1. The molecule has 0 heterocycles. The van der Waals surface area contributed by atoms with Gasteiger partial charge in [-0.3, -0.25) is 4.79 Å². The van der Waals surface area contributed by atoms with Gasteiger partial charge in [0.2, 0.25) is 0 Å². The van der Waals surface area contributed by atoms with E-state index in [4.69, 9.17) is 27.9 Å². The Kier molecular flexibility index (Phi) is 4.27. The summed E-state index contributed by atoms with van der Waals surface area (Å²) in [6.07, 6.45) is 0.722. The highest BCUT2D eigenvalue weighted by atomic mass is 79.9. The second-order valence-electron chi connectivity index (χ2n) is 3.45. The van der Waals surface area contributed by atoms with E-state index in [1.807, 2.05) is 0 Å². The molecule has 0 amide bonds. The van der Waals surface area contributed by atoms with Crippen LogP contribution in [0.4, 0.5) is 0 Å². The molecule has 0 aromatic heterocycles. The highest BCUT2D eigenvalue weighted by molar-refractivity contribution is 9.10. The van der Waals surface area contributed by atoms with Gasteiger partial charge in [-0.15, -0.1) is 0 Å². The zero-order valence-corrected chi connectivity index (χ0v) is 12.1. The van der Waals surface area contributed by atoms with Gasteiger partial charge in [0.1, 0.15) is 16.5 Å². The van der Waals surface area contributed by atoms with Gasteiger partial charge in [-0.2, -0.15) is 0 Å². The summed E-state index contributed by atoms with van der Waals surface area (Å²) >= 11 is 15.2. The lowest BCUT2D eigenvalue weighted by Crippen LogP contribution is -1.91. The average Bonchev–Trinajstić information content (AvgIpc) is 2.35. The van der Waals surface area contributed by atoms with Gasteiger partial charge in [-0.1, -0.05) is 45.2 Å². The Morgan fingerprint density at radius 3 is 2.61 bits per heavy atom. The van der Waals surface area contributed by atoms with Crippen molar-refractivity contribution in [1.29, 1.82) is 0 Å². The van der Waals surface area contributed by atoms with Gasteiger partial charge in [0.15, 0.2) is 6.29 Å². The Bertz CT molecular complexity index is 600. The number of hydrogen-bond donors (Lipinski definition) is 0. The molecule has 2 aromatic carbocycles. The SMILES string of the molecule is O=Cc1ccc(Br)cc1Oc1cccc(Cl)c1Cl. The van der Waals surface area contributed by atoms with E-state index in [1.54, 1.807) is 36.4 Å². The Hall–Kier alpha value is -1.03. The lowest BCUT2D eigenvalue weighted by atomic mass is 10.2. The van der Waals surface area contributed by atoms with Gasteiger partial charge in [-0.25, -0.2) is 0 Å². The third-order valence-corrected chi connectivity index (χ3v) is 3.53. The van der Waals surface area contributed by atoms with Gasteiger partial charge < -0.3 is 4.74 Å². The first-order valence-electron chi connectivity index (χ1n) is 4.98. The van der Waals surface area contributed by atoms with Crippen LogP contribution in [0.3, 0.4) is 0 Å². The van der Waals surface area contributed by atoms with Crippen molar-refractivity contribution in [3.63, 3.8) is 0 Å². The third kappa shape index (κ3) is 2.86. The zero-order valence-electron chi connectivity index (χ0n) is 8.99. The molecule has 2 nitrogen and oxygen atoms in total. The first kappa shape index (κ1) is 13.4. The quantitative estimate of drug-likeness (QED) is 0.700. The highest BCUT2D eigenvalue weighted by Gasteiger charge is 2.10. The van der Waals surface area contributed by atoms with Crippen LogP contribution in [0.1, 0.15) is 10.4 Å². The van der Waals surface area contributed by atoms with Crippen LogP contribution in [-0.4, -0.2) is 6.29 Å². The van der Waals surface area contributed by atoms with Gasteiger partial charge in [0, 0.05) is 4.47 Å². The van der Waals surface area contributed by atoms with Crippen molar-refractivity contribution in [2.24, 2.45) is 0 Å². The van der Waals surface area contributed by atoms with Crippen LogP contribution < -0.4 is 4.74 Å². The number of rotatable bonds is 3. The normalized spacial score (nSPS) is 10.2. The fraction of sp³-hybridized carbons (Fsp3) is 0. The van der Waals surface area contributed by atoms with Crippen LogP contribution in [0, 0.1) is 0 Å².